The molecular weight excluding hydrogens is 223 g/mol. The van der Waals surface area contributed by atoms with Gasteiger partial charge in [-0.05, 0) is 13.0 Å². The van der Waals surface area contributed by atoms with Crippen LogP contribution >= 0.6 is 0 Å². The van der Waals surface area contributed by atoms with E-state index >= 15 is 0 Å². The average Bonchev–Trinajstić information content (AvgIpc) is 2.15. The van der Waals surface area contributed by atoms with E-state index in [0.29, 0.717) is 6.92 Å². The molecule has 4 N–H and O–H groups in total. The number of nitrogens with two attached hydrogens (primary N) is 2. The number of alkyl halides is 3. The first-order valence-corrected chi connectivity index (χ1v) is 4.28. The average molecular weight is 233 g/mol. The van der Waals surface area contributed by atoms with Crippen molar-refractivity contribution in [3.8, 4) is 0 Å². The van der Waals surface area contributed by atoms with Crippen LogP contribution in [0, 0.1) is 0 Å². The summed E-state index contributed by atoms with van der Waals surface area (Å²) in [6.07, 6.45) is -2.60. The summed E-state index contributed by atoms with van der Waals surface area (Å²) >= 11 is 0. The monoisotopic (exact) mass is 233 g/mol. The molecule has 0 aliphatic heterocycles. The number of nitrogens with zero attached hydrogens (tertiary/aromatic N) is 1. The SMILES string of the molecule is CC(N)(C(=O)c1cnccc1N)C(F)(F)F. The van der Waals surface area contributed by atoms with Gasteiger partial charge >= 0.3 is 6.18 Å². The minimum atomic E-state index is -4.84. The summed E-state index contributed by atoms with van der Waals surface area (Å²) in [7, 11) is 0. The Morgan fingerprint density at radius 1 is 1.44 bits per heavy atom. The van der Waals surface area contributed by atoms with Crippen LogP contribution in [0.2, 0.25) is 0 Å². The van der Waals surface area contributed by atoms with E-state index in [0.717, 1.165) is 6.20 Å². The molecule has 0 saturated heterocycles. The molecule has 0 aliphatic rings. The first-order chi connectivity index (χ1) is 7.18. The Bertz CT molecular complexity index is 415. The lowest BCUT2D eigenvalue weighted by molar-refractivity contribution is -0.165. The molecule has 0 saturated carbocycles. The van der Waals surface area contributed by atoms with E-state index < -0.39 is 17.5 Å². The summed E-state index contributed by atoms with van der Waals surface area (Å²) in [6, 6.07) is 1.24. The summed E-state index contributed by atoms with van der Waals surface area (Å²) in [5, 5.41) is 0. The summed E-state index contributed by atoms with van der Waals surface area (Å²) in [5.74, 6) is -1.30. The fraction of sp³-hybridized carbons (Fsp3) is 0.333. The van der Waals surface area contributed by atoms with Crippen LogP contribution in [0.3, 0.4) is 0 Å². The Labute approximate surface area is 89.4 Å². The number of halogens is 3. The highest BCUT2D eigenvalue weighted by Gasteiger charge is 2.54. The molecule has 4 nitrogen and oxygen atoms in total. The second kappa shape index (κ2) is 3.75. The van der Waals surface area contributed by atoms with Gasteiger partial charge < -0.3 is 11.5 Å². The van der Waals surface area contributed by atoms with Crippen molar-refractivity contribution in [3.05, 3.63) is 24.0 Å². The van der Waals surface area contributed by atoms with Crippen LogP contribution in [0.5, 0.6) is 0 Å². The van der Waals surface area contributed by atoms with Gasteiger partial charge in [0, 0.05) is 18.1 Å². The topological polar surface area (TPSA) is 82.0 Å². The number of carbonyl (C=O) groups is 1. The normalized spacial score (nSPS) is 15.6. The largest absolute Gasteiger partial charge is 0.413 e. The number of aromatic nitrogens is 1. The van der Waals surface area contributed by atoms with Crippen LogP contribution in [0.15, 0.2) is 18.5 Å². The highest BCUT2D eigenvalue weighted by Crippen LogP contribution is 2.31. The zero-order valence-corrected chi connectivity index (χ0v) is 8.38. The smallest absolute Gasteiger partial charge is 0.398 e. The van der Waals surface area contributed by atoms with Gasteiger partial charge in [-0.3, -0.25) is 9.78 Å². The van der Waals surface area contributed by atoms with Gasteiger partial charge in [0.05, 0.1) is 5.56 Å². The van der Waals surface area contributed by atoms with E-state index in [2.05, 4.69) is 4.98 Å². The maximum absolute atomic E-state index is 12.5. The van der Waals surface area contributed by atoms with Gasteiger partial charge in [0.25, 0.3) is 0 Å². The number of nitrogen functional groups attached to an aromatic ring is 1. The number of anilines is 1. The molecule has 0 fully saturated rings. The molecule has 1 unspecified atom stereocenters. The Kier molecular flexibility index (Phi) is 2.91. The predicted molar refractivity (Wildman–Crippen MR) is 51.6 cm³/mol. The highest BCUT2D eigenvalue weighted by atomic mass is 19.4. The van der Waals surface area contributed by atoms with Crippen molar-refractivity contribution in [1.29, 1.82) is 0 Å². The van der Waals surface area contributed by atoms with Crippen molar-refractivity contribution in [2.45, 2.75) is 18.6 Å². The van der Waals surface area contributed by atoms with E-state index in [1.165, 1.54) is 12.3 Å². The van der Waals surface area contributed by atoms with E-state index in [9.17, 15) is 18.0 Å². The molecule has 0 bridgehead atoms. The van der Waals surface area contributed by atoms with E-state index in [4.69, 9.17) is 11.5 Å². The molecule has 16 heavy (non-hydrogen) atoms. The Hall–Kier alpha value is -1.63. The first kappa shape index (κ1) is 12.4. The zero-order chi connectivity index (χ0) is 12.6. The highest BCUT2D eigenvalue weighted by molar-refractivity contribution is 6.06. The fourth-order valence-corrected chi connectivity index (χ4v) is 1.00. The number of Topliss-reactive ketones (excluding diaryl/α,β-unsaturated/α-hetero) is 1. The van der Waals surface area contributed by atoms with Crippen LogP contribution in [-0.4, -0.2) is 22.5 Å². The van der Waals surface area contributed by atoms with Gasteiger partial charge in [0.1, 0.15) is 0 Å². The lowest BCUT2D eigenvalue weighted by Gasteiger charge is -2.26. The van der Waals surface area contributed by atoms with Crippen LogP contribution in [0.1, 0.15) is 17.3 Å². The third-order valence-corrected chi connectivity index (χ3v) is 2.16. The molecule has 0 radical (unpaired) electrons. The van der Waals surface area contributed by atoms with Crippen molar-refractivity contribution in [1.82, 2.24) is 4.98 Å². The van der Waals surface area contributed by atoms with E-state index in [-0.39, 0.29) is 11.3 Å². The van der Waals surface area contributed by atoms with E-state index in [1.807, 2.05) is 0 Å². The number of hydrogen-bond acceptors (Lipinski definition) is 4. The van der Waals surface area contributed by atoms with Gasteiger partial charge in [-0.1, -0.05) is 0 Å². The Balaban J connectivity index is 3.18. The molecule has 1 rings (SSSR count). The number of hydrogen-bond donors (Lipinski definition) is 2. The van der Waals surface area contributed by atoms with Crippen molar-refractivity contribution in [2.24, 2.45) is 5.73 Å². The quantitative estimate of drug-likeness (QED) is 0.750. The van der Waals surface area contributed by atoms with Crippen LogP contribution in [0.4, 0.5) is 18.9 Å². The minimum Gasteiger partial charge on any atom is -0.398 e. The molecule has 0 spiro atoms. The van der Waals surface area contributed by atoms with Crippen LogP contribution in [0.25, 0.3) is 0 Å². The van der Waals surface area contributed by atoms with Crippen LogP contribution in [-0.2, 0) is 0 Å². The van der Waals surface area contributed by atoms with Crippen molar-refractivity contribution < 1.29 is 18.0 Å². The number of carbonyl (C=O) groups excluding carboxylic acids is 1. The third-order valence-electron chi connectivity index (χ3n) is 2.16. The second-order valence-corrected chi connectivity index (χ2v) is 3.49. The molecule has 7 heteroatoms. The summed E-state index contributed by atoms with van der Waals surface area (Å²) in [6.45, 7) is 0.599. The first-order valence-electron chi connectivity index (χ1n) is 4.28. The molecule has 0 aromatic carbocycles. The number of rotatable bonds is 2. The number of pyridine rings is 1. The predicted octanol–water partition coefficient (Wildman–Crippen LogP) is 1.13. The standard InChI is InChI=1S/C9H10F3N3O/c1-8(14,9(10,11)12)7(16)5-4-15-3-2-6(5)13/h2-4H,14H2,1H3,(H2,13,15). The number of ketones is 1. The van der Waals surface area contributed by atoms with Crippen molar-refractivity contribution >= 4 is 11.5 Å². The molecule has 1 heterocycles. The van der Waals surface area contributed by atoms with Crippen LogP contribution < -0.4 is 11.5 Å². The second-order valence-electron chi connectivity index (χ2n) is 3.49. The lowest BCUT2D eigenvalue weighted by Crippen LogP contribution is -2.57. The lowest BCUT2D eigenvalue weighted by atomic mass is 9.92. The van der Waals surface area contributed by atoms with Crippen molar-refractivity contribution in [3.63, 3.8) is 0 Å². The maximum Gasteiger partial charge on any atom is 0.413 e. The summed E-state index contributed by atoms with van der Waals surface area (Å²) in [5.41, 5.74) is 6.98. The molecule has 0 aliphatic carbocycles. The van der Waals surface area contributed by atoms with E-state index in [1.54, 1.807) is 0 Å². The molecule has 1 aromatic rings. The Morgan fingerprint density at radius 2 is 2.00 bits per heavy atom. The van der Waals surface area contributed by atoms with Gasteiger partial charge in [-0.15, -0.1) is 0 Å². The van der Waals surface area contributed by atoms with Gasteiger partial charge in [0.15, 0.2) is 11.3 Å². The molecule has 1 aromatic heterocycles. The molecular formula is C9H10F3N3O. The molecule has 88 valence electrons. The van der Waals surface area contributed by atoms with Crippen molar-refractivity contribution in [2.75, 3.05) is 5.73 Å². The molecule has 0 amide bonds. The maximum atomic E-state index is 12.5. The summed E-state index contributed by atoms with van der Waals surface area (Å²) < 4.78 is 37.5. The fourth-order valence-electron chi connectivity index (χ4n) is 1.00. The Morgan fingerprint density at radius 3 is 2.44 bits per heavy atom. The van der Waals surface area contributed by atoms with Gasteiger partial charge in [-0.25, -0.2) is 0 Å². The summed E-state index contributed by atoms with van der Waals surface area (Å²) in [4.78, 5) is 15.1. The van der Waals surface area contributed by atoms with Gasteiger partial charge in [-0.2, -0.15) is 13.2 Å². The van der Waals surface area contributed by atoms with Gasteiger partial charge in [0.2, 0.25) is 0 Å². The third kappa shape index (κ3) is 1.99. The molecule has 1 atom stereocenters. The zero-order valence-electron chi connectivity index (χ0n) is 8.38. The minimum absolute atomic E-state index is 0.0825.